The van der Waals surface area contributed by atoms with E-state index in [1.54, 1.807) is 19.2 Å². The van der Waals surface area contributed by atoms with Gasteiger partial charge in [-0.05, 0) is 42.5 Å². The number of rotatable bonds is 8. The number of aromatic carboxylic acids is 1. The molecule has 27 heavy (non-hydrogen) atoms. The summed E-state index contributed by atoms with van der Waals surface area (Å²) in [5.41, 5.74) is 1.16. The molecule has 0 saturated carbocycles. The van der Waals surface area contributed by atoms with Crippen molar-refractivity contribution in [2.45, 2.75) is 5.16 Å². The molecular weight excluding hydrogens is 366 g/mol. The Morgan fingerprint density at radius 2 is 1.93 bits per heavy atom. The van der Waals surface area contributed by atoms with Crippen molar-refractivity contribution in [1.29, 1.82) is 0 Å². The van der Waals surface area contributed by atoms with Gasteiger partial charge in [-0.2, -0.15) is 0 Å². The maximum Gasteiger partial charge on any atom is 0.335 e. The molecule has 2 aromatic carbocycles. The first kappa shape index (κ1) is 18.8. The molecule has 0 fully saturated rings. The Balaban J connectivity index is 1.56. The van der Waals surface area contributed by atoms with Crippen LogP contribution in [-0.4, -0.2) is 45.3 Å². The number of carboxylic acids is 1. The van der Waals surface area contributed by atoms with Crippen LogP contribution in [0, 0.1) is 0 Å². The molecule has 0 amide bonds. The summed E-state index contributed by atoms with van der Waals surface area (Å²) in [6.45, 7) is 0.429. The zero-order valence-corrected chi connectivity index (χ0v) is 15.8. The molecule has 0 aliphatic carbocycles. The first-order valence-corrected chi connectivity index (χ1v) is 9.20. The van der Waals surface area contributed by atoms with Crippen LogP contribution in [0.5, 0.6) is 11.5 Å². The van der Waals surface area contributed by atoms with E-state index in [0.29, 0.717) is 18.1 Å². The molecule has 3 rings (SSSR count). The predicted octanol–water partition coefficient (Wildman–Crippen LogP) is 3.36. The van der Waals surface area contributed by atoms with Crippen molar-refractivity contribution in [3.05, 3.63) is 54.1 Å². The number of thioether (sulfide) groups is 1. The molecule has 0 radical (unpaired) electrons. The molecule has 3 aromatic rings. The van der Waals surface area contributed by atoms with Crippen molar-refractivity contribution in [2.24, 2.45) is 7.05 Å². The van der Waals surface area contributed by atoms with Gasteiger partial charge in [0.15, 0.2) is 11.0 Å². The zero-order valence-electron chi connectivity index (χ0n) is 15.0. The van der Waals surface area contributed by atoms with E-state index in [2.05, 4.69) is 10.2 Å². The van der Waals surface area contributed by atoms with E-state index < -0.39 is 5.97 Å². The van der Waals surface area contributed by atoms with Gasteiger partial charge in [-0.3, -0.25) is 0 Å². The Kier molecular flexibility index (Phi) is 5.97. The number of methoxy groups -OCH3 is 1. The van der Waals surface area contributed by atoms with Gasteiger partial charge >= 0.3 is 5.97 Å². The highest BCUT2D eigenvalue weighted by atomic mass is 32.2. The van der Waals surface area contributed by atoms with E-state index in [4.69, 9.17) is 14.6 Å². The number of nitrogens with zero attached hydrogens (tertiary/aromatic N) is 3. The summed E-state index contributed by atoms with van der Waals surface area (Å²) in [6, 6.07) is 14.1. The van der Waals surface area contributed by atoms with Gasteiger partial charge in [0.2, 0.25) is 0 Å². The van der Waals surface area contributed by atoms with Gasteiger partial charge in [0.25, 0.3) is 0 Å². The monoisotopic (exact) mass is 385 g/mol. The molecule has 1 aromatic heterocycles. The summed E-state index contributed by atoms with van der Waals surface area (Å²) in [5, 5.41) is 18.3. The molecule has 140 valence electrons. The fourth-order valence-corrected chi connectivity index (χ4v) is 3.17. The fourth-order valence-electron chi connectivity index (χ4n) is 2.44. The molecule has 0 unspecified atom stereocenters. The Hall–Kier alpha value is -3.00. The Morgan fingerprint density at radius 1 is 1.15 bits per heavy atom. The van der Waals surface area contributed by atoms with E-state index >= 15 is 0 Å². The second-order valence-corrected chi connectivity index (χ2v) is 6.69. The molecule has 0 atom stereocenters. The predicted molar refractivity (Wildman–Crippen MR) is 103 cm³/mol. The van der Waals surface area contributed by atoms with Gasteiger partial charge in [0, 0.05) is 18.4 Å². The number of hydrogen-bond acceptors (Lipinski definition) is 6. The van der Waals surface area contributed by atoms with Crippen molar-refractivity contribution in [2.75, 3.05) is 19.5 Å². The number of benzene rings is 2. The SMILES string of the molecule is COc1ccc(-c2nnc(SCCOc3cccc(C(=O)O)c3)n2C)cc1. The van der Waals surface area contributed by atoms with E-state index in [9.17, 15) is 4.79 Å². The minimum atomic E-state index is -0.972. The first-order valence-electron chi connectivity index (χ1n) is 8.21. The molecule has 7 nitrogen and oxygen atoms in total. The number of ether oxygens (including phenoxy) is 2. The molecular formula is C19H19N3O4S. The van der Waals surface area contributed by atoms with Crippen molar-refractivity contribution >= 4 is 17.7 Å². The second-order valence-electron chi connectivity index (χ2n) is 5.62. The third-order valence-corrected chi connectivity index (χ3v) is 4.83. The third-order valence-electron chi connectivity index (χ3n) is 3.85. The van der Waals surface area contributed by atoms with Crippen LogP contribution in [0.15, 0.2) is 53.7 Å². The number of carbonyl (C=O) groups is 1. The number of aromatic nitrogens is 3. The minimum Gasteiger partial charge on any atom is -0.497 e. The average Bonchev–Trinajstić information content (AvgIpc) is 3.06. The third kappa shape index (κ3) is 4.59. The molecule has 0 aliphatic rings. The van der Waals surface area contributed by atoms with Crippen molar-refractivity contribution in [3.8, 4) is 22.9 Å². The topological polar surface area (TPSA) is 86.5 Å². The normalized spacial score (nSPS) is 10.6. The number of carboxylic acid groups (broad SMARTS) is 1. The van der Waals surface area contributed by atoms with Gasteiger partial charge < -0.3 is 19.1 Å². The van der Waals surface area contributed by atoms with Crippen molar-refractivity contribution < 1.29 is 19.4 Å². The smallest absolute Gasteiger partial charge is 0.335 e. The van der Waals surface area contributed by atoms with Crippen molar-refractivity contribution in [3.63, 3.8) is 0 Å². The summed E-state index contributed by atoms with van der Waals surface area (Å²) in [6.07, 6.45) is 0. The summed E-state index contributed by atoms with van der Waals surface area (Å²) in [4.78, 5) is 11.0. The molecule has 0 aliphatic heterocycles. The van der Waals surface area contributed by atoms with Crippen LogP contribution in [0.4, 0.5) is 0 Å². The van der Waals surface area contributed by atoms with Gasteiger partial charge in [-0.25, -0.2) is 4.79 Å². The van der Waals surface area contributed by atoms with Gasteiger partial charge in [-0.15, -0.1) is 10.2 Å². The van der Waals surface area contributed by atoms with Gasteiger partial charge in [0.05, 0.1) is 19.3 Å². The van der Waals surface area contributed by atoms with Crippen LogP contribution in [0.25, 0.3) is 11.4 Å². The quantitative estimate of drug-likeness (QED) is 0.470. The summed E-state index contributed by atoms with van der Waals surface area (Å²) >= 11 is 1.52. The van der Waals surface area contributed by atoms with Crippen LogP contribution in [0.1, 0.15) is 10.4 Å². The van der Waals surface area contributed by atoms with E-state index in [-0.39, 0.29) is 5.56 Å². The maximum absolute atomic E-state index is 11.0. The summed E-state index contributed by atoms with van der Waals surface area (Å²) in [7, 11) is 3.55. The lowest BCUT2D eigenvalue weighted by Gasteiger charge is -2.07. The van der Waals surface area contributed by atoms with Crippen LogP contribution in [0.3, 0.4) is 0 Å². The largest absolute Gasteiger partial charge is 0.497 e. The molecule has 1 heterocycles. The standard InChI is InChI=1S/C19H19N3O4S/c1-22-17(13-6-8-15(25-2)9-7-13)20-21-19(22)27-11-10-26-16-5-3-4-14(12-16)18(23)24/h3-9,12H,10-11H2,1-2H3,(H,23,24). The molecule has 0 bridgehead atoms. The Morgan fingerprint density at radius 3 is 2.63 bits per heavy atom. The van der Waals surface area contributed by atoms with Crippen LogP contribution < -0.4 is 9.47 Å². The molecule has 0 spiro atoms. The molecule has 8 heteroatoms. The van der Waals surface area contributed by atoms with E-state index in [1.165, 1.54) is 23.9 Å². The van der Waals surface area contributed by atoms with Crippen LogP contribution in [-0.2, 0) is 7.05 Å². The average molecular weight is 385 g/mol. The van der Waals surface area contributed by atoms with Crippen LogP contribution in [0.2, 0.25) is 0 Å². The molecule has 0 saturated heterocycles. The minimum absolute atomic E-state index is 0.206. The maximum atomic E-state index is 11.0. The fraction of sp³-hybridized carbons (Fsp3) is 0.211. The van der Waals surface area contributed by atoms with E-state index in [1.807, 2.05) is 35.9 Å². The highest BCUT2D eigenvalue weighted by molar-refractivity contribution is 7.99. The van der Waals surface area contributed by atoms with Gasteiger partial charge in [0.1, 0.15) is 11.5 Å². The highest BCUT2D eigenvalue weighted by Crippen LogP contribution is 2.24. The van der Waals surface area contributed by atoms with Crippen molar-refractivity contribution in [1.82, 2.24) is 14.8 Å². The lowest BCUT2D eigenvalue weighted by atomic mass is 10.2. The first-order chi connectivity index (χ1) is 13.1. The van der Waals surface area contributed by atoms with Gasteiger partial charge in [-0.1, -0.05) is 17.8 Å². The zero-order chi connectivity index (χ0) is 19.2. The summed E-state index contributed by atoms with van der Waals surface area (Å²) in [5.74, 6) is 1.79. The van der Waals surface area contributed by atoms with E-state index in [0.717, 1.165) is 22.3 Å². The lowest BCUT2D eigenvalue weighted by molar-refractivity contribution is 0.0696. The Labute approximate surface area is 161 Å². The number of hydrogen-bond donors (Lipinski definition) is 1. The lowest BCUT2D eigenvalue weighted by Crippen LogP contribution is -2.03. The molecule has 1 N–H and O–H groups in total. The van der Waals surface area contributed by atoms with Crippen LogP contribution >= 0.6 is 11.8 Å². The second kappa shape index (κ2) is 8.59. The highest BCUT2D eigenvalue weighted by Gasteiger charge is 2.11. The summed E-state index contributed by atoms with van der Waals surface area (Å²) < 4.78 is 12.7. The Bertz CT molecular complexity index is 925.